The van der Waals surface area contributed by atoms with Crippen LogP contribution in [0.4, 0.5) is 0 Å². The number of hydrogen-bond acceptors (Lipinski definition) is 4. The zero-order chi connectivity index (χ0) is 11.0. The summed E-state index contributed by atoms with van der Waals surface area (Å²) in [7, 11) is 0. The van der Waals surface area contributed by atoms with Gasteiger partial charge in [-0.25, -0.2) is 4.79 Å². The van der Waals surface area contributed by atoms with Crippen LogP contribution in [0.3, 0.4) is 0 Å². The molecule has 0 rings (SSSR count). The summed E-state index contributed by atoms with van der Waals surface area (Å²) >= 11 is 0. The van der Waals surface area contributed by atoms with E-state index in [1.54, 1.807) is 0 Å². The third-order valence-corrected chi connectivity index (χ3v) is 2.00. The molecule has 1 atom stereocenters. The molecular weight excluding hydrogens is 188 g/mol. The van der Waals surface area contributed by atoms with Gasteiger partial charge >= 0.3 is 11.9 Å². The Morgan fingerprint density at radius 1 is 1.36 bits per heavy atom. The standard InChI is InChI=1S/C9H16O5/c1-2-3-4-5-7(6-8(10)11)9(12)14-13/h7,13H,2-6H2,1H3,(H,10,11). The first-order chi connectivity index (χ1) is 6.61. The second-order valence-corrected chi connectivity index (χ2v) is 3.20. The number of carbonyl (C=O) groups is 2. The first-order valence-electron chi connectivity index (χ1n) is 4.68. The topological polar surface area (TPSA) is 83.8 Å². The fourth-order valence-electron chi connectivity index (χ4n) is 1.23. The SMILES string of the molecule is CCCCCC(CC(=O)O)C(=O)OO. The summed E-state index contributed by atoms with van der Waals surface area (Å²) in [6.07, 6.45) is 2.86. The molecule has 0 heterocycles. The summed E-state index contributed by atoms with van der Waals surface area (Å²) in [6, 6.07) is 0. The molecule has 0 aromatic carbocycles. The second kappa shape index (κ2) is 7.32. The number of rotatable bonds is 7. The minimum absolute atomic E-state index is 0.289. The third-order valence-electron chi connectivity index (χ3n) is 2.00. The van der Waals surface area contributed by atoms with E-state index in [1.807, 2.05) is 6.92 Å². The summed E-state index contributed by atoms with van der Waals surface area (Å²) in [5, 5.41) is 16.6. The van der Waals surface area contributed by atoms with Crippen LogP contribution in [0.25, 0.3) is 0 Å². The summed E-state index contributed by atoms with van der Waals surface area (Å²) in [6.45, 7) is 2.01. The molecule has 5 heteroatoms. The van der Waals surface area contributed by atoms with Gasteiger partial charge in [-0.05, 0) is 6.42 Å². The Morgan fingerprint density at radius 2 is 2.00 bits per heavy atom. The molecule has 0 saturated heterocycles. The normalized spacial score (nSPS) is 12.1. The third kappa shape index (κ3) is 5.53. The molecular formula is C9H16O5. The number of carboxylic acid groups (broad SMARTS) is 1. The number of aliphatic carboxylic acids is 1. The van der Waals surface area contributed by atoms with Crippen LogP contribution >= 0.6 is 0 Å². The van der Waals surface area contributed by atoms with Crippen LogP contribution in [0, 0.1) is 5.92 Å². The number of hydrogen-bond donors (Lipinski definition) is 2. The lowest BCUT2D eigenvalue weighted by Gasteiger charge is -2.09. The van der Waals surface area contributed by atoms with Gasteiger partial charge in [-0.1, -0.05) is 26.2 Å². The van der Waals surface area contributed by atoms with Gasteiger partial charge in [0.25, 0.3) is 0 Å². The minimum atomic E-state index is -1.06. The van der Waals surface area contributed by atoms with E-state index < -0.39 is 17.9 Å². The Kier molecular flexibility index (Phi) is 6.74. The van der Waals surface area contributed by atoms with Crippen molar-refractivity contribution in [1.29, 1.82) is 0 Å². The zero-order valence-corrected chi connectivity index (χ0v) is 8.23. The predicted molar refractivity (Wildman–Crippen MR) is 48.6 cm³/mol. The van der Waals surface area contributed by atoms with Gasteiger partial charge < -0.3 is 9.99 Å². The largest absolute Gasteiger partial charge is 0.481 e. The number of carboxylic acids is 1. The first kappa shape index (κ1) is 12.9. The molecule has 0 aromatic heterocycles. The van der Waals surface area contributed by atoms with Crippen molar-refractivity contribution in [3.8, 4) is 0 Å². The molecule has 1 unspecified atom stereocenters. The maximum atomic E-state index is 10.9. The molecule has 0 aliphatic heterocycles. The molecule has 0 radical (unpaired) electrons. The maximum absolute atomic E-state index is 10.9. The summed E-state index contributed by atoms with van der Waals surface area (Å²) in [4.78, 5) is 24.8. The van der Waals surface area contributed by atoms with E-state index in [2.05, 4.69) is 4.89 Å². The molecule has 14 heavy (non-hydrogen) atoms. The van der Waals surface area contributed by atoms with Gasteiger partial charge in [-0.15, -0.1) is 0 Å². The van der Waals surface area contributed by atoms with Crippen molar-refractivity contribution in [1.82, 2.24) is 0 Å². The van der Waals surface area contributed by atoms with Crippen LogP contribution in [0.15, 0.2) is 0 Å². The van der Waals surface area contributed by atoms with Crippen LogP contribution in [0.2, 0.25) is 0 Å². The Bertz CT molecular complexity index is 190. The molecule has 0 saturated carbocycles. The van der Waals surface area contributed by atoms with Crippen molar-refractivity contribution in [2.24, 2.45) is 5.92 Å². The van der Waals surface area contributed by atoms with Gasteiger partial charge in [0, 0.05) is 0 Å². The van der Waals surface area contributed by atoms with Crippen LogP contribution in [-0.4, -0.2) is 22.3 Å². The van der Waals surface area contributed by atoms with Crippen LogP contribution in [0.5, 0.6) is 0 Å². The Labute approximate surface area is 82.6 Å². The highest BCUT2D eigenvalue weighted by Crippen LogP contribution is 2.15. The Hall–Kier alpha value is -1.10. The second-order valence-electron chi connectivity index (χ2n) is 3.20. The highest BCUT2D eigenvalue weighted by Gasteiger charge is 2.22. The fraction of sp³-hybridized carbons (Fsp3) is 0.778. The molecule has 0 amide bonds. The Morgan fingerprint density at radius 3 is 2.43 bits per heavy atom. The monoisotopic (exact) mass is 204 g/mol. The summed E-state index contributed by atoms with van der Waals surface area (Å²) in [5.74, 6) is -2.65. The van der Waals surface area contributed by atoms with Crippen molar-refractivity contribution >= 4 is 11.9 Å². The highest BCUT2D eigenvalue weighted by atomic mass is 17.1. The van der Waals surface area contributed by atoms with Gasteiger partial charge in [0.05, 0.1) is 12.3 Å². The molecule has 0 fully saturated rings. The van der Waals surface area contributed by atoms with E-state index >= 15 is 0 Å². The van der Waals surface area contributed by atoms with Gasteiger partial charge in [0.15, 0.2) is 0 Å². The van der Waals surface area contributed by atoms with Crippen molar-refractivity contribution in [3.63, 3.8) is 0 Å². The predicted octanol–water partition coefficient (Wildman–Crippen LogP) is 1.67. The van der Waals surface area contributed by atoms with E-state index in [-0.39, 0.29) is 6.42 Å². The number of carbonyl (C=O) groups excluding carboxylic acids is 1. The van der Waals surface area contributed by atoms with E-state index in [1.165, 1.54) is 0 Å². The van der Waals surface area contributed by atoms with Gasteiger partial charge in [-0.3, -0.25) is 4.79 Å². The van der Waals surface area contributed by atoms with Crippen LogP contribution < -0.4 is 0 Å². The molecule has 0 aliphatic carbocycles. The van der Waals surface area contributed by atoms with Crippen molar-refractivity contribution < 1.29 is 24.8 Å². The van der Waals surface area contributed by atoms with Crippen molar-refractivity contribution in [2.75, 3.05) is 0 Å². The average Bonchev–Trinajstić information content (AvgIpc) is 2.15. The lowest BCUT2D eigenvalue weighted by molar-refractivity contribution is -0.239. The first-order valence-corrected chi connectivity index (χ1v) is 4.68. The Balaban J connectivity index is 3.97. The summed E-state index contributed by atoms with van der Waals surface area (Å²) < 4.78 is 0. The molecule has 5 nitrogen and oxygen atoms in total. The fourth-order valence-corrected chi connectivity index (χ4v) is 1.23. The quantitative estimate of drug-likeness (QED) is 0.374. The molecule has 0 spiro atoms. The highest BCUT2D eigenvalue weighted by molar-refractivity contribution is 5.78. The van der Waals surface area contributed by atoms with E-state index in [0.717, 1.165) is 19.3 Å². The van der Waals surface area contributed by atoms with Gasteiger partial charge in [0.1, 0.15) is 0 Å². The van der Waals surface area contributed by atoms with Gasteiger partial charge in [-0.2, -0.15) is 5.26 Å². The molecule has 0 bridgehead atoms. The maximum Gasteiger partial charge on any atom is 0.345 e. The van der Waals surface area contributed by atoms with Gasteiger partial charge in [0.2, 0.25) is 0 Å². The molecule has 0 aromatic rings. The van der Waals surface area contributed by atoms with Crippen LogP contribution in [-0.2, 0) is 14.5 Å². The van der Waals surface area contributed by atoms with E-state index in [9.17, 15) is 9.59 Å². The van der Waals surface area contributed by atoms with E-state index in [0.29, 0.717) is 6.42 Å². The van der Waals surface area contributed by atoms with Crippen LogP contribution in [0.1, 0.15) is 39.0 Å². The van der Waals surface area contributed by atoms with E-state index in [4.69, 9.17) is 10.4 Å². The molecule has 82 valence electrons. The summed E-state index contributed by atoms with van der Waals surface area (Å²) in [5.41, 5.74) is 0. The zero-order valence-electron chi connectivity index (χ0n) is 8.23. The van der Waals surface area contributed by atoms with Crippen molar-refractivity contribution in [3.05, 3.63) is 0 Å². The minimum Gasteiger partial charge on any atom is -0.481 e. The molecule has 2 N–H and O–H groups in total. The lowest BCUT2D eigenvalue weighted by Crippen LogP contribution is -2.19. The lowest BCUT2D eigenvalue weighted by atomic mass is 9.98. The smallest absolute Gasteiger partial charge is 0.345 e. The average molecular weight is 204 g/mol. The molecule has 0 aliphatic rings. The van der Waals surface area contributed by atoms with Crippen molar-refractivity contribution in [2.45, 2.75) is 39.0 Å². The number of unbranched alkanes of at least 4 members (excludes halogenated alkanes) is 2.